The van der Waals surface area contributed by atoms with Crippen LogP contribution in [0.3, 0.4) is 0 Å². The van der Waals surface area contributed by atoms with Crippen LogP contribution in [-0.4, -0.2) is 60.4 Å². The first-order valence-corrected chi connectivity index (χ1v) is 8.50. The molecule has 2 saturated heterocycles. The fourth-order valence-corrected chi connectivity index (χ4v) is 3.89. The Morgan fingerprint density at radius 2 is 2.04 bits per heavy atom. The van der Waals surface area contributed by atoms with Crippen LogP contribution in [0.1, 0.15) is 36.0 Å². The molecule has 132 valence electrons. The summed E-state index contributed by atoms with van der Waals surface area (Å²) < 4.78 is 19.8. The van der Waals surface area contributed by atoms with E-state index < -0.39 is 17.3 Å². The Hall–Kier alpha value is -1.50. The van der Waals surface area contributed by atoms with Crippen molar-refractivity contribution in [3.8, 4) is 0 Å². The standard InChI is InChI=1S/C18H25FN2O3/c1-21(16(22)14-4-2-3-5-15(14)19)13-17(23)8-11-24-18(12-17)6-9-20-10-7-18/h2-5,20,23H,6-13H2,1H3. The summed E-state index contributed by atoms with van der Waals surface area (Å²) in [5.74, 6) is -0.949. The number of amides is 1. The summed E-state index contributed by atoms with van der Waals surface area (Å²) in [6, 6.07) is 5.93. The molecule has 1 amide bonds. The van der Waals surface area contributed by atoms with Crippen LogP contribution in [0.15, 0.2) is 24.3 Å². The SMILES string of the molecule is CN(CC1(O)CCOC2(CCNCC2)C1)C(=O)c1ccccc1F. The summed E-state index contributed by atoms with van der Waals surface area (Å²) in [6.07, 6.45) is 2.72. The van der Waals surface area contributed by atoms with Gasteiger partial charge in [0.2, 0.25) is 0 Å². The van der Waals surface area contributed by atoms with E-state index in [-0.39, 0.29) is 17.7 Å². The highest BCUT2D eigenvalue weighted by molar-refractivity contribution is 5.94. The van der Waals surface area contributed by atoms with Gasteiger partial charge in [-0.25, -0.2) is 4.39 Å². The highest BCUT2D eigenvalue weighted by atomic mass is 19.1. The minimum Gasteiger partial charge on any atom is -0.388 e. The second kappa shape index (κ2) is 6.78. The number of likely N-dealkylation sites (N-methyl/N-ethyl adjacent to an activating group) is 1. The molecule has 0 bridgehead atoms. The number of benzene rings is 1. The Morgan fingerprint density at radius 1 is 1.33 bits per heavy atom. The zero-order valence-electron chi connectivity index (χ0n) is 14.1. The largest absolute Gasteiger partial charge is 0.388 e. The molecule has 2 aliphatic heterocycles. The van der Waals surface area contributed by atoms with Crippen LogP contribution in [-0.2, 0) is 4.74 Å². The predicted molar refractivity (Wildman–Crippen MR) is 88.3 cm³/mol. The lowest BCUT2D eigenvalue weighted by molar-refractivity contribution is -0.173. The molecule has 1 spiro atoms. The van der Waals surface area contributed by atoms with E-state index in [0.29, 0.717) is 19.4 Å². The van der Waals surface area contributed by atoms with Gasteiger partial charge >= 0.3 is 0 Å². The Labute approximate surface area is 141 Å². The van der Waals surface area contributed by atoms with E-state index >= 15 is 0 Å². The lowest BCUT2D eigenvalue weighted by atomic mass is 9.77. The average molecular weight is 336 g/mol. The number of rotatable bonds is 3. The smallest absolute Gasteiger partial charge is 0.256 e. The summed E-state index contributed by atoms with van der Waals surface area (Å²) in [5.41, 5.74) is -1.27. The molecule has 1 aromatic rings. The number of halogens is 1. The van der Waals surface area contributed by atoms with Crippen LogP contribution in [0.2, 0.25) is 0 Å². The number of ether oxygens (including phenoxy) is 1. The number of carbonyl (C=O) groups excluding carboxylic acids is 1. The first-order valence-electron chi connectivity index (χ1n) is 8.50. The number of hydrogen-bond donors (Lipinski definition) is 2. The molecule has 1 unspecified atom stereocenters. The van der Waals surface area contributed by atoms with E-state index in [0.717, 1.165) is 25.9 Å². The van der Waals surface area contributed by atoms with E-state index in [9.17, 15) is 14.3 Å². The van der Waals surface area contributed by atoms with Gasteiger partial charge in [0.05, 0.1) is 23.4 Å². The van der Waals surface area contributed by atoms with Crippen LogP contribution < -0.4 is 5.32 Å². The maximum Gasteiger partial charge on any atom is 0.256 e. The third kappa shape index (κ3) is 3.61. The van der Waals surface area contributed by atoms with Crippen LogP contribution in [0.5, 0.6) is 0 Å². The molecule has 2 heterocycles. The highest BCUT2D eigenvalue weighted by Gasteiger charge is 2.46. The van der Waals surface area contributed by atoms with Gasteiger partial charge in [0.1, 0.15) is 5.82 Å². The molecule has 0 aromatic heterocycles. The third-order valence-corrected chi connectivity index (χ3v) is 5.12. The van der Waals surface area contributed by atoms with Gasteiger partial charge in [-0.15, -0.1) is 0 Å². The minimum absolute atomic E-state index is 0.0345. The summed E-state index contributed by atoms with van der Waals surface area (Å²) in [6.45, 7) is 2.41. The van der Waals surface area contributed by atoms with E-state index in [1.807, 2.05) is 0 Å². The maximum atomic E-state index is 13.8. The van der Waals surface area contributed by atoms with Crippen molar-refractivity contribution < 1.29 is 19.0 Å². The Morgan fingerprint density at radius 3 is 2.75 bits per heavy atom. The second-order valence-corrected chi connectivity index (χ2v) is 7.07. The molecule has 1 atom stereocenters. The fourth-order valence-electron chi connectivity index (χ4n) is 3.89. The molecular weight excluding hydrogens is 311 g/mol. The molecule has 24 heavy (non-hydrogen) atoms. The van der Waals surface area contributed by atoms with Crippen molar-refractivity contribution in [2.24, 2.45) is 0 Å². The molecule has 0 saturated carbocycles. The lowest BCUT2D eigenvalue weighted by Gasteiger charge is -2.48. The molecule has 6 heteroatoms. The van der Waals surface area contributed by atoms with Crippen molar-refractivity contribution >= 4 is 5.91 Å². The van der Waals surface area contributed by atoms with Crippen molar-refractivity contribution in [1.82, 2.24) is 10.2 Å². The Balaban J connectivity index is 1.69. The van der Waals surface area contributed by atoms with Gasteiger partial charge in [-0.3, -0.25) is 4.79 Å². The molecular formula is C18H25FN2O3. The number of piperidine rings is 1. The molecule has 2 fully saturated rings. The van der Waals surface area contributed by atoms with Crippen molar-refractivity contribution in [2.45, 2.75) is 36.9 Å². The van der Waals surface area contributed by atoms with Crippen molar-refractivity contribution in [3.05, 3.63) is 35.6 Å². The zero-order chi connectivity index (χ0) is 17.2. The van der Waals surface area contributed by atoms with Gasteiger partial charge in [0.25, 0.3) is 5.91 Å². The van der Waals surface area contributed by atoms with Gasteiger partial charge in [0.15, 0.2) is 0 Å². The van der Waals surface area contributed by atoms with Crippen LogP contribution in [0, 0.1) is 5.82 Å². The normalized spacial score (nSPS) is 26.3. The predicted octanol–water partition coefficient (Wildman–Crippen LogP) is 1.56. The van der Waals surface area contributed by atoms with Crippen LogP contribution in [0.25, 0.3) is 0 Å². The Bertz CT molecular complexity index is 598. The van der Waals surface area contributed by atoms with E-state index in [1.165, 1.54) is 17.0 Å². The number of nitrogens with one attached hydrogen (secondary N) is 1. The van der Waals surface area contributed by atoms with Gasteiger partial charge < -0.3 is 20.1 Å². The first-order chi connectivity index (χ1) is 11.4. The molecule has 1 aromatic carbocycles. The maximum absolute atomic E-state index is 13.8. The third-order valence-electron chi connectivity index (χ3n) is 5.12. The molecule has 0 aliphatic carbocycles. The lowest BCUT2D eigenvalue weighted by Crippen LogP contribution is -2.57. The molecule has 2 N–H and O–H groups in total. The summed E-state index contributed by atoms with van der Waals surface area (Å²) >= 11 is 0. The number of carbonyl (C=O) groups is 1. The monoisotopic (exact) mass is 336 g/mol. The summed E-state index contributed by atoms with van der Waals surface area (Å²) in [7, 11) is 1.61. The summed E-state index contributed by atoms with van der Waals surface area (Å²) in [4.78, 5) is 13.9. The van der Waals surface area contributed by atoms with Crippen LogP contribution >= 0.6 is 0 Å². The fraction of sp³-hybridized carbons (Fsp3) is 0.611. The average Bonchev–Trinajstić information content (AvgIpc) is 2.54. The summed E-state index contributed by atoms with van der Waals surface area (Å²) in [5, 5.41) is 14.3. The quantitative estimate of drug-likeness (QED) is 0.879. The van der Waals surface area contributed by atoms with Crippen LogP contribution in [0.4, 0.5) is 4.39 Å². The topological polar surface area (TPSA) is 61.8 Å². The highest BCUT2D eigenvalue weighted by Crippen LogP contribution is 2.38. The molecule has 5 nitrogen and oxygen atoms in total. The number of nitrogens with zero attached hydrogens (tertiary/aromatic N) is 1. The van der Waals surface area contributed by atoms with Gasteiger partial charge in [0, 0.05) is 26.4 Å². The van der Waals surface area contributed by atoms with Gasteiger partial charge in [-0.05, 0) is 38.1 Å². The molecule has 2 aliphatic rings. The van der Waals surface area contributed by atoms with E-state index in [2.05, 4.69) is 5.32 Å². The number of hydrogen-bond acceptors (Lipinski definition) is 4. The van der Waals surface area contributed by atoms with E-state index in [1.54, 1.807) is 19.2 Å². The van der Waals surface area contributed by atoms with Gasteiger partial charge in [-0.2, -0.15) is 0 Å². The Kier molecular flexibility index (Phi) is 4.90. The zero-order valence-corrected chi connectivity index (χ0v) is 14.1. The molecule has 0 radical (unpaired) electrons. The number of aliphatic hydroxyl groups is 1. The van der Waals surface area contributed by atoms with E-state index in [4.69, 9.17) is 4.74 Å². The van der Waals surface area contributed by atoms with Crippen molar-refractivity contribution in [1.29, 1.82) is 0 Å². The van der Waals surface area contributed by atoms with Crippen molar-refractivity contribution in [2.75, 3.05) is 33.3 Å². The van der Waals surface area contributed by atoms with Gasteiger partial charge in [-0.1, -0.05) is 12.1 Å². The van der Waals surface area contributed by atoms with Crippen molar-refractivity contribution in [3.63, 3.8) is 0 Å². The second-order valence-electron chi connectivity index (χ2n) is 7.07. The first kappa shape index (κ1) is 17.3. The minimum atomic E-state index is -0.995. The molecule has 3 rings (SSSR count).